The number of piperidine rings is 1. The molecule has 152 valence electrons. The minimum Gasteiger partial charge on any atom is -0.493 e. The summed E-state index contributed by atoms with van der Waals surface area (Å²) >= 11 is 10.1. The smallest absolute Gasteiger partial charge is 0.166 e. The maximum Gasteiger partial charge on any atom is 0.166 e. The van der Waals surface area contributed by atoms with Gasteiger partial charge in [0.05, 0.1) is 24.4 Å². The van der Waals surface area contributed by atoms with E-state index in [1.165, 1.54) is 19.3 Å². The summed E-state index contributed by atoms with van der Waals surface area (Å²) in [7, 11) is 1.66. The fraction of sp³-hybridized carbons (Fsp3) is 0.455. The molecule has 1 aliphatic heterocycles. The Hall–Kier alpha value is -1.59. The number of benzene rings is 2. The van der Waals surface area contributed by atoms with Crippen LogP contribution >= 0.6 is 27.5 Å². The van der Waals surface area contributed by atoms with Gasteiger partial charge in [0, 0.05) is 35.4 Å². The van der Waals surface area contributed by atoms with E-state index in [9.17, 15) is 0 Å². The van der Waals surface area contributed by atoms with Crippen LogP contribution in [-0.2, 0) is 6.54 Å². The summed E-state index contributed by atoms with van der Waals surface area (Å²) in [5.41, 5.74) is 3.16. The maximum atomic E-state index is 6.58. The first-order valence-electron chi connectivity index (χ1n) is 9.90. The van der Waals surface area contributed by atoms with Gasteiger partial charge >= 0.3 is 0 Å². The highest BCUT2D eigenvalue weighted by molar-refractivity contribution is 9.10. The SMILES string of the molecule is CCCOc1c(CNc2ccc(N3CCCCC3)c(Cl)c2)cc(Br)cc1OC. The van der Waals surface area contributed by atoms with Crippen LogP contribution < -0.4 is 19.7 Å². The molecule has 0 amide bonds. The molecule has 1 aliphatic rings. The van der Waals surface area contributed by atoms with Gasteiger partial charge in [0.15, 0.2) is 11.5 Å². The first kappa shape index (κ1) is 21.1. The second kappa shape index (κ2) is 10.3. The van der Waals surface area contributed by atoms with E-state index in [2.05, 4.69) is 51.3 Å². The van der Waals surface area contributed by atoms with Crippen LogP contribution in [0.4, 0.5) is 11.4 Å². The predicted octanol–water partition coefficient (Wildman–Crippen LogP) is 6.50. The summed E-state index contributed by atoms with van der Waals surface area (Å²) in [5.74, 6) is 1.52. The number of nitrogens with zero attached hydrogens (tertiary/aromatic N) is 1. The standard InChI is InChI=1S/C22H28BrClN2O2/c1-3-11-28-22-16(12-17(23)13-21(22)27-2)15-25-18-7-8-20(19(24)14-18)26-9-5-4-6-10-26/h7-8,12-14,25H,3-6,9-11,15H2,1-2H3. The largest absolute Gasteiger partial charge is 0.493 e. The average Bonchev–Trinajstić information content (AvgIpc) is 2.71. The Morgan fingerprint density at radius 2 is 1.93 bits per heavy atom. The molecule has 3 rings (SSSR count). The number of hydrogen-bond acceptors (Lipinski definition) is 4. The summed E-state index contributed by atoms with van der Waals surface area (Å²) in [5, 5.41) is 4.26. The lowest BCUT2D eigenvalue weighted by atomic mass is 10.1. The van der Waals surface area contributed by atoms with E-state index in [0.717, 1.165) is 57.4 Å². The first-order valence-corrected chi connectivity index (χ1v) is 11.1. The number of rotatable bonds is 8. The lowest BCUT2D eigenvalue weighted by Gasteiger charge is -2.29. The van der Waals surface area contributed by atoms with E-state index in [1.807, 2.05) is 12.1 Å². The fourth-order valence-corrected chi connectivity index (χ4v) is 4.26. The second-order valence-corrected chi connectivity index (χ2v) is 8.34. The third-order valence-corrected chi connectivity index (χ3v) is 5.65. The number of hydrogen-bond donors (Lipinski definition) is 1. The molecular formula is C22H28BrClN2O2. The highest BCUT2D eigenvalue weighted by Crippen LogP contribution is 2.36. The summed E-state index contributed by atoms with van der Waals surface area (Å²) in [4.78, 5) is 2.38. The molecule has 0 aromatic heterocycles. The lowest BCUT2D eigenvalue weighted by Crippen LogP contribution is -2.29. The van der Waals surface area contributed by atoms with Crippen molar-refractivity contribution in [2.24, 2.45) is 0 Å². The van der Waals surface area contributed by atoms with Gasteiger partial charge in [-0.3, -0.25) is 0 Å². The molecule has 2 aromatic rings. The Morgan fingerprint density at radius 3 is 2.61 bits per heavy atom. The van der Waals surface area contributed by atoms with Crippen molar-refractivity contribution in [3.63, 3.8) is 0 Å². The topological polar surface area (TPSA) is 33.7 Å². The Bertz CT molecular complexity index is 794. The summed E-state index contributed by atoms with van der Waals surface area (Å²) in [6.07, 6.45) is 4.73. The maximum absolute atomic E-state index is 6.58. The molecule has 28 heavy (non-hydrogen) atoms. The first-order chi connectivity index (χ1) is 13.6. The van der Waals surface area contributed by atoms with E-state index in [0.29, 0.717) is 13.2 Å². The average molecular weight is 468 g/mol. The zero-order chi connectivity index (χ0) is 19.9. The Morgan fingerprint density at radius 1 is 1.14 bits per heavy atom. The molecule has 0 atom stereocenters. The predicted molar refractivity (Wildman–Crippen MR) is 121 cm³/mol. The van der Waals surface area contributed by atoms with Crippen molar-refractivity contribution >= 4 is 38.9 Å². The molecule has 0 spiro atoms. The van der Waals surface area contributed by atoms with E-state index >= 15 is 0 Å². The van der Waals surface area contributed by atoms with Gasteiger partial charge in [-0.25, -0.2) is 0 Å². The Kier molecular flexibility index (Phi) is 7.74. The third-order valence-electron chi connectivity index (χ3n) is 4.89. The minimum atomic E-state index is 0.619. The van der Waals surface area contributed by atoms with Gasteiger partial charge in [-0.15, -0.1) is 0 Å². The van der Waals surface area contributed by atoms with Crippen LogP contribution in [0.25, 0.3) is 0 Å². The van der Waals surface area contributed by atoms with Crippen molar-refractivity contribution in [1.82, 2.24) is 0 Å². The van der Waals surface area contributed by atoms with Crippen molar-refractivity contribution in [2.75, 3.05) is 37.0 Å². The minimum absolute atomic E-state index is 0.619. The third kappa shape index (κ3) is 5.26. The molecule has 0 saturated carbocycles. The van der Waals surface area contributed by atoms with E-state index in [1.54, 1.807) is 7.11 Å². The van der Waals surface area contributed by atoms with Crippen LogP contribution in [0.3, 0.4) is 0 Å². The van der Waals surface area contributed by atoms with Crippen LogP contribution in [0, 0.1) is 0 Å². The molecule has 4 nitrogen and oxygen atoms in total. The van der Waals surface area contributed by atoms with Gasteiger partial charge in [0.1, 0.15) is 0 Å². The van der Waals surface area contributed by atoms with Gasteiger partial charge < -0.3 is 19.7 Å². The normalized spacial score (nSPS) is 14.1. The lowest BCUT2D eigenvalue weighted by molar-refractivity contribution is 0.291. The number of anilines is 2. The van der Waals surface area contributed by atoms with E-state index in [-0.39, 0.29) is 0 Å². The van der Waals surface area contributed by atoms with Crippen LogP contribution in [0.15, 0.2) is 34.8 Å². The van der Waals surface area contributed by atoms with Gasteiger partial charge in [0.2, 0.25) is 0 Å². The van der Waals surface area contributed by atoms with E-state index in [4.69, 9.17) is 21.1 Å². The molecule has 2 aromatic carbocycles. The molecule has 1 heterocycles. The summed E-state index contributed by atoms with van der Waals surface area (Å²) in [6, 6.07) is 10.2. The molecular weight excluding hydrogens is 440 g/mol. The van der Waals surface area contributed by atoms with Crippen molar-refractivity contribution in [2.45, 2.75) is 39.2 Å². The molecule has 1 fully saturated rings. The number of methoxy groups -OCH3 is 1. The second-order valence-electron chi connectivity index (χ2n) is 7.01. The van der Waals surface area contributed by atoms with Gasteiger partial charge in [-0.1, -0.05) is 34.5 Å². The van der Waals surface area contributed by atoms with Crippen LogP contribution in [0.1, 0.15) is 38.2 Å². The monoisotopic (exact) mass is 466 g/mol. The highest BCUT2D eigenvalue weighted by Gasteiger charge is 2.15. The van der Waals surface area contributed by atoms with Gasteiger partial charge in [0.25, 0.3) is 0 Å². The fourth-order valence-electron chi connectivity index (χ4n) is 3.48. The van der Waals surface area contributed by atoms with Gasteiger partial charge in [-0.05, 0) is 56.0 Å². The molecule has 1 N–H and O–H groups in total. The number of ether oxygens (including phenoxy) is 2. The van der Waals surface area contributed by atoms with Crippen LogP contribution in [-0.4, -0.2) is 26.8 Å². The number of halogens is 2. The Labute approximate surface area is 181 Å². The van der Waals surface area contributed by atoms with Gasteiger partial charge in [-0.2, -0.15) is 0 Å². The van der Waals surface area contributed by atoms with Crippen molar-refractivity contribution in [1.29, 1.82) is 0 Å². The van der Waals surface area contributed by atoms with Crippen LogP contribution in [0.2, 0.25) is 5.02 Å². The van der Waals surface area contributed by atoms with Crippen molar-refractivity contribution < 1.29 is 9.47 Å². The molecule has 0 aliphatic carbocycles. The summed E-state index contributed by atoms with van der Waals surface area (Å²) < 4.78 is 12.4. The highest BCUT2D eigenvalue weighted by atomic mass is 79.9. The van der Waals surface area contributed by atoms with Crippen molar-refractivity contribution in [3.8, 4) is 11.5 Å². The molecule has 1 saturated heterocycles. The molecule has 0 unspecified atom stereocenters. The summed E-state index contributed by atoms with van der Waals surface area (Å²) in [6.45, 7) is 5.54. The van der Waals surface area contributed by atoms with Crippen LogP contribution in [0.5, 0.6) is 11.5 Å². The molecule has 0 bridgehead atoms. The number of nitrogens with one attached hydrogen (secondary N) is 1. The molecule has 6 heteroatoms. The zero-order valence-corrected chi connectivity index (χ0v) is 18.9. The Balaban J connectivity index is 1.74. The van der Waals surface area contributed by atoms with E-state index < -0.39 is 0 Å². The zero-order valence-electron chi connectivity index (χ0n) is 16.6. The molecule has 0 radical (unpaired) electrons. The quantitative estimate of drug-likeness (QED) is 0.480. The van der Waals surface area contributed by atoms with Crippen molar-refractivity contribution in [3.05, 3.63) is 45.4 Å².